The van der Waals surface area contributed by atoms with Gasteiger partial charge in [0.25, 0.3) is 0 Å². The molecule has 2 heterocycles. The number of carboxylic acid groups (broad SMARTS) is 2. The number of aliphatic carboxylic acids is 1. The molecule has 2 saturated heterocycles. The standard InChI is InChI=1S/C10H16N2O4/c13-8(14)7-5-10(6-11-7)1-3-12(4-2-10)9(15)16/h7,11H,1-6H2,(H,13,14)(H,15,16)/t7-/m0/s1. The van der Waals surface area contributed by atoms with Crippen LogP contribution in [0, 0.1) is 5.41 Å². The molecule has 2 fully saturated rings. The van der Waals surface area contributed by atoms with E-state index in [9.17, 15) is 9.59 Å². The second-order valence-corrected chi connectivity index (χ2v) is 4.75. The Bertz CT molecular complexity index is 310. The van der Waals surface area contributed by atoms with Gasteiger partial charge in [0.05, 0.1) is 0 Å². The molecule has 0 bridgehead atoms. The Balaban J connectivity index is 1.93. The van der Waals surface area contributed by atoms with Crippen molar-refractivity contribution in [3.8, 4) is 0 Å². The van der Waals surface area contributed by atoms with Crippen molar-refractivity contribution in [1.29, 1.82) is 0 Å². The first-order valence-electron chi connectivity index (χ1n) is 5.46. The van der Waals surface area contributed by atoms with Crippen molar-refractivity contribution in [2.24, 2.45) is 5.41 Å². The van der Waals surface area contributed by atoms with Crippen LogP contribution in [0.15, 0.2) is 0 Å². The quantitative estimate of drug-likeness (QED) is 0.596. The third-order valence-electron chi connectivity index (χ3n) is 3.75. The van der Waals surface area contributed by atoms with Crippen LogP contribution in [-0.4, -0.2) is 52.9 Å². The van der Waals surface area contributed by atoms with Crippen LogP contribution in [0.25, 0.3) is 0 Å². The summed E-state index contributed by atoms with van der Waals surface area (Å²) in [6.07, 6.45) is 1.26. The van der Waals surface area contributed by atoms with Crippen LogP contribution >= 0.6 is 0 Å². The van der Waals surface area contributed by atoms with Gasteiger partial charge in [0, 0.05) is 19.6 Å². The first-order chi connectivity index (χ1) is 7.52. The summed E-state index contributed by atoms with van der Waals surface area (Å²) in [6, 6.07) is -0.462. The fourth-order valence-electron chi connectivity index (χ4n) is 2.64. The summed E-state index contributed by atoms with van der Waals surface area (Å²) in [4.78, 5) is 23.0. The number of piperidine rings is 1. The minimum absolute atomic E-state index is 0.00495. The zero-order chi connectivity index (χ0) is 11.8. The zero-order valence-corrected chi connectivity index (χ0v) is 8.98. The lowest BCUT2D eigenvalue weighted by molar-refractivity contribution is -0.139. The van der Waals surface area contributed by atoms with Crippen molar-refractivity contribution >= 4 is 12.1 Å². The molecule has 1 spiro atoms. The van der Waals surface area contributed by atoms with Gasteiger partial charge in [-0.1, -0.05) is 0 Å². The molecule has 0 unspecified atom stereocenters. The maximum Gasteiger partial charge on any atom is 0.407 e. The van der Waals surface area contributed by atoms with Crippen molar-refractivity contribution in [3.05, 3.63) is 0 Å². The van der Waals surface area contributed by atoms with Crippen LogP contribution in [0.2, 0.25) is 0 Å². The molecule has 1 atom stereocenters. The number of rotatable bonds is 1. The Labute approximate surface area is 93.2 Å². The summed E-state index contributed by atoms with van der Waals surface area (Å²) >= 11 is 0. The summed E-state index contributed by atoms with van der Waals surface area (Å²) in [5.74, 6) is -0.808. The average Bonchev–Trinajstić information content (AvgIpc) is 2.63. The Hall–Kier alpha value is -1.30. The van der Waals surface area contributed by atoms with Gasteiger partial charge in [0.15, 0.2) is 0 Å². The van der Waals surface area contributed by atoms with Crippen molar-refractivity contribution in [2.45, 2.75) is 25.3 Å². The highest BCUT2D eigenvalue weighted by molar-refractivity contribution is 5.74. The van der Waals surface area contributed by atoms with E-state index in [1.54, 1.807) is 0 Å². The number of carboxylic acids is 1. The molecule has 0 aliphatic carbocycles. The highest BCUT2D eigenvalue weighted by Crippen LogP contribution is 2.39. The minimum atomic E-state index is -0.879. The third-order valence-corrected chi connectivity index (χ3v) is 3.75. The summed E-state index contributed by atoms with van der Waals surface area (Å²) in [5, 5.41) is 20.7. The van der Waals surface area contributed by atoms with Gasteiger partial charge >= 0.3 is 12.1 Å². The number of nitrogens with one attached hydrogen (secondary N) is 1. The Kier molecular flexibility index (Phi) is 2.75. The largest absolute Gasteiger partial charge is 0.480 e. The Morgan fingerprint density at radius 2 is 1.88 bits per heavy atom. The van der Waals surface area contributed by atoms with E-state index in [1.165, 1.54) is 4.90 Å². The molecular weight excluding hydrogens is 212 g/mol. The smallest absolute Gasteiger partial charge is 0.407 e. The Morgan fingerprint density at radius 1 is 1.25 bits per heavy atom. The lowest BCUT2D eigenvalue weighted by Crippen LogP contribution is -2.43. The number of hydrogen-bond acceptors (Lipinski definition) is 3. The topological polar surface area (TPSA) is 89.9 Å². The molecule has 1 amide bonds. The summed E-state index contributed by atoms with van der Waals surface area (Å²) in [7, 11) is 0. The minimum Gasteiger partial charge on any atom is -0.480 e. The van der Waals surface area contributed by atoms with E-state index in [0.29, 0.717) is 26.1 Å². The molecule has 0 radical (unpaired) electrons. The van der Waals surface area contributed by atoms with Crippen molar-refractivity contribution in [1.82, 2.24) is 10.2 Å². The van der Waals surface area contributed by atoms with Gasteiger partial charge in [-0.2, -0.15) is 0 Å². The van der Waals surface area contributed by atoms with Crippen molar-refractivity contribution < 1.29 is 19.8 Å². The molecule has 90 valence electrons. The number of likely N-dealkylation sites (tertiary alicyclic amines) is 1. The van der Waals surface area contributed by atoms with Gasteiger partial charge < -0.3 is 20.4 Å². The van der Waals surface area contributed by atoms with Crippen molar-refractivity contribution in [3.63, 3.8) is 0 Å². The molecule has 2 aliphatic rings. The van der Waals surface area contributed by atoms with Gasteiger partial charge in [0.1, 0.15) is 6.04 Å². The maximum atomic E-state index is 10.8. The molecule has 0 saturated carbocycles. The molecular formula is C10H16N2O4. The van der Waals surface area contributed by atoms with Gasteiger partial charge in [-0.3, -0.25) is 4.79 Å². The first kappa shape index (κ1) is 11.2. The number of nitrogens with zero attached hydrogens (tertiary/aromatic N) is 1. The number of hydrogen-bond donors (Lipinski definition) is 3. The van der Waals surface area contributed by atoms with Crippen LogP contribution in [0.5, 0.6) is 0 Å². The van der Waals surface area contributed by atoms with E-state index < -0.39 is 18.1 Å². The molecule has 16 heavy (non-hydrogen) atoms. The van der Waals surface area contributed by atoms with E-state index in [2.05, 4.69) is 5.32 Å². The second-order valence-electron chi connectivity index (χ2n) is 4.75. The molecule has 0 aromatic heterocycles. The van der Waals surface area contributed by atoms with Crippen LogP contribution in [0.4, 0.5) is 4.79 Å². The first-order valence-corrected chi connectivity index (χ1v) is 5.46. The molecule has 0 aromatic carbocycles. The van der Waals surface area contributed by atoms with Crippen LogP contribution < -0.4 is 5.32 Å². The number of carbonyl (C=O) groups is 2. The lowest BCUT2D eigenvalue weighted by Gasteiger charge is -2.37. The summed E-state index contributed by atoms with van der Waals surface area (Å²) < 4.78 is 0. The number of amides is 1. The summed E-state index contributed by atoms with van der Waals surface area (Å²) in [6.45, 7) is 1.73. The van der Waals surface area contributed by atoms with Gasteiger partial charge in [-0.05, 0) is 24.7 Å². The maximum absolute atomic E-state index is 10.8. The molecule has 2 rings (SSSR count). The predicted octanol–water partition coefficient (Wildman–Crippen LogP) is 0.193. The van der Waals surface area contributed by atoms with E-state index in [0.717, 1.165) is 12.8 Å². The van der Waals surface area contributed by atoms with Gasteiger partial charge in [-0.15, -0.1) is 0 Å². The van der Waals surface area contributed by atoms with Gasteiger partial charge in [0.2, 0.25) is 0 Å². The molecule has 3 N–H and O–H groups in total. The highest BCUT2D eigenvalue weighted by atomic mass is 16.4. The molecule has 6 nitrogen and oxygen atoms in total. The molecule has 6 heteroatoms. The monoisotopic (exact) mass is 228 g/mol. The van der Waals surface area contributed by atoms with E-state index in [4.69, 9.17) is 10.2 Å². The zero-order valence-electron chi connectivity index (χ0n) is 8.98. The van der Waals surface area contributed by atoms with Crippen LogP contribution in [0.3, 0.4) is 0 Å². The predicted molar refractivity (Wildman–Crippen MR) is 55.3 cm³/mol. The Morgan fingerprint density at radius 3 is 2.31 bits per heavy atom. The average molecular weight is 228 g/mol. The van der Waals surface area contributed by atoms with Crippen molar-refractivity contribution in [2.75, 3.05) is 19.6 Å². The van der Waals surface area contributed by atoms with Gasteiger partial charge in [-0.25, -0.2) is 4.79 Å². The fourth-order valence-corrected chi connectivity index (χ4v) is 2.64. The van der Waals surface area contributed by atoms with E-state index >= 15 is 0 Å². The van der Waals surface area contributed by atoms with Crippen LogP contribution in [0.1, 0.15) is 19.3 Å². The second kappa shape index (κ2) is 3.93. The highest BCUT2D eigenvalue weighted by Gasteiger charge is 2.44. The molecule has 2 aliphatic heterocycles. The van der Waals surface area contributed by atoms with E-state index in [-0.39, 0.29) is 5.41 Å². The molecule has 0 aromatic rings. The lowest BCUT2D eigenvalue weighted by atomic mass is 9.76. The fraction of sp³-hybridized carbons (Fsp3) is 0.800. The van der Waals surface area contributed by atoms with E-state index in [1.807, 2.05) is 0 Å². The normalized spacial score (nSPS) is 28.2. The van der Waals surface area contributed by atoms with Crippen LogP contribution in [-0.2, 0) is 4.79 Å². The third kappa shape index (κ3) is 1.97. The summed E-state index contributed by atoms with van der Waals surface area (Å²) in [5.41, 5.74) is -0.00495. The SMILES string of the molecule is O=C(O)[C@@H]1CC2(CCN(C(=O)O)CC2)CN1.